The lowest BCUT2D eigenvalue weighted by Gasteiger charge is -2.06. The molecule has 0 aliphatic carbocycles. The van der Waals surface area contributed by atoms with Gasteiger partial charge in [-0.05, 0) is 48.9 Å². The molecule has 6 heteroatoms. The van der Waals surface area contributed by atoms with Gasteiger partial charge < -0.3 is 10.6 Å². The fourth-order valence-corrected chi connectivity index (χ4v) is 3.50. The van der Waals surface area contributed by atoms with Gasteiger partial charge in [0.2, 0.25) is 11.8 Å². The molecule has 0 aliphatic heterocycles. The summed E-state index contributed by atoms with van der Waals surface area (Å²) in [7, 11) is 0. The fourth-order valence-electron chi connectivity index (χ4n) is 2.43. The lowest BCUT2D eigenvalue weighted by molar-refractivity contribution is -0.119. The minimum absolute atomic E-state index is 0.128. The summed E-state index contributed by atoms with van der Waals surface area (Å²) in [5.41, 5.74) is 3.98. The van der Waals surface area contributed by atoms with Gasteiger partial charge >= 0.3 is 0 Å². The molecule has 0 atom stereocenters. The maximum absolute atomic E-state index is 11.8. The summed E-state index contributed by atoms with van der Waals surface area (Å²) in [4.78, 5) is 27.3. The van der Waals surface area contributed by atoms with Crippen LogP contribution in [-0.4, -0.2) is 23.3 Å². The van der Waals surface area contributed by atoms with Crippen molar-refractivity contribution in [3.8, 4) is 10.6 Å². The van der Waals surface area contributed by atoms with Crippen LogP contribution in [0, 0.1) is 6.92 Å². The lowest BCUT2D eigenvalue weighted by atomic mass is 10.2. The van der Waals surface area contributed by atoms with Crippen LogP contribution < -0.4 is 10.6 Å². The Balaban J connectivity index is 1.66. The van der Waals surface area contributed by atoms with Crippen LogP contribution >= 0.6 is 11.3 Å². The van der Waals surface area contributed by atoms with Crippen molar-refractivity contribution < 1.29 is 9.59 Å². The molecule has 25 heavy (non-hydrogen) atoms. The summed E-state index contributed by atoms with van der Waals surface area (Å²) in [5.74, 6) is -0.264. The van der Waals surface area contributed by atoms with Crippen molar-refractivity contribution >= 4 is 39.1 Å². The molecule has 0 bridgehead atoms. The molecule has 2 N–H and O–H groups in total. The molecule has 5 nitrogen and oxygen atoms in total. The molecule has 0 unspecified atom stereocenters. The lowest BCUT2D eigenvalue weighted by Crippen LogP contribution is -2.25. The van der Waals surface area contributed by atoms with Gasteiger partial charge in [0, 0.05) is 31.1 Å². The van der Waals surface area contributed by atoms with Crippen LogP contribution in [0.1, 0.15) is 18.9 Å². The molecule has 3 aromatic rings. The Hall–Kier alpha value is -2.73. The SMILES string of the molecule is CC(=O)NCCC(=O)Nc1ccc(-c2nc3ccc(C)cc3s2)cc1. The number of fused-ring (bicyclic) bond motifs is 1. The number of thiazole rings is 1. The predicted molar refractivity (Wildman–Crippen MR) is 102 cm³/mol. The van der Waals surface area contributed by atoms with E-state index in [2.05, 4.69) is 34.7 Å². The molecule has 0 aliphatic rings. The molecule has 0 saturated heterocycles. The Labute approximate surface area is 150 Å². The van der Waals surface area contributed by atoms with E-state index in [9.17, 15) is 9.59 Å². The number of hydrogen-bond donors (Lipinski definition) is 2. The fraction of sp³-hybridized carbons (Fsp3) is 0.211. The van der Waals surface area contributed by atoms with Crippen molar-refractivity contribution in [1.29, 1.82) is 0 Å². The molecular weight excluding hydrogens is 334 g/mol. The van der Waals surface area contributed by atoms with Crippen LogP contribution in [0.25, 0.3) is 20.8 Å². The maximum atomic E-state index is 11.8. The quantitative estimate of drug-likeness (QED) is 0.734. The monoisotopic (exact) mass is 353 g/mol. The maximum Gasteiger partial charge on any atom is 0.226 e. The molecule has 0 fully saturated rings. The highest BCUT2D eigenvalue weighted by molar-refractivity contribution is 7.21. The average molecular weight is 353 g/mol. The highest BCUT2D eigenvalue weighted by Crippen LogP contribution is 2.31. The first kappa shape index (κ1) is 17.1. The van der Waals surface area contributed by atoms with Gasteiger partial charge in [0.1, 0.15) is 5.01 Å². The van der Waals surface area contributed by atoms with Gasteiger partial charge in [-0.15, -0.1) is 11.3 Å². The smallest absolute Gasteiger partial charge is 0.226 e. The largest absolute Gasteiger partial charge is 0.356 e. The number of anilines is 1. The molecule has 0 spiro atoms. The second-order valence-corrected chi connectivity index (χ2v) is 6.88. The van der Waals surface area contributed by atoms with E-state index in [0.717, 1.165) is 21.8 Å². The molecule has 2 amide bonds. The zero-order chi connectivity index (χ0) is 17.8. The molecule has 0 saturated carbocycles. The molecule has 0 radical (unpaired) electrons. The Kier molecular flexibility index (Phi) is 5.09. The average Bonchev–Trinajstić information content (AvgIpc) is 2.98. The van der Waals surface area contributed by atoms with E-state index in [4.69, 9.17) is 0 Å². The zero-order valence-electron chi connectivity index (χ0n) is 14.1. The number of aryl methyl sites for hydroxylation is 1. The first-order valence-corrected chi connectivity index (χ1v) is 8.85. The van der Waals surface area contributed by atoms with Gasteiger partial charge in [-0.1, -0.05) is 6.07 Å². The number of nitrogens with zero attached hydrogens (tertiary/aromatic N) is 1. The van der Waals surface area contributed by atoms with Crippen LogP contribution in [0.2, 0.25) is 0 Å². The van der Waals surface area contributed by atoms with E-state index in [1.807, 2.05) is 30.3 Å². The van der Waals surface area contributed by atoms with Gasteiger partial charge in [0.15, 0.2) is 0 Å². The Morgan fingerprint density at radius 2 is 1.88 bits per heavy atom. The third-order valence-electron chi connectivity index (χ3n) is 3.69. The minimum Gasteiger partial charge on any atom is -0.356 e. The van der Waals surface area contributed by atoms with Gasteiger partial charge in [-0.2, -0.15) is 0 Å². The number of nitrogens with one attached hydrogen (secondary N) is 2. The number of benzene rings is 2. The van der Waals surface area contributed by atoms with Crippen molar-refractivity contribution in [1.82, 2.24) is 10.3 Å². The normalized spacial score (nSPS) is 10.6. The number of hydrogen-bond acceptors (Lipinski definition) is 4. The van der Waals surface area contributed by atoms with Crippen LogP contribution in [-0.2, 0) is 9.59 Å². The molecule has 2 aromatic carbocycles. The summed E-state index contributed by atoms with van der Waals surface area (Å²) in [6.07, 6.45) is 0.249. The van der Waals surface area contributed by atoms with Crippen molar-refractivity contribution in [3.05, 3.63) is 48.0 Å². The summed E-state index contributed by atoms with van der Waals surface area (Å²) in [5, 5.41) is 6.39. The predicted octanol–water partition coefficient (Wildman–Crippen LogP) is 3.74. The van der Waals surface area contributed by atoms with Gasteiger partial charge in [-0.3, -0.25) is 9.59 Å². The third-order valence-corrected chi connectivity index (χ3v) is 4.75. The van der Waals surface area contributed by atoms with Crippen LogP contribution in [0.4, 0.5) is 5.69 Å². The van der Waals surface area contributed by atoms with E-state index in [1.54, 1.807) is 11.3 Å². The van der Waals surface area contributed by atoms with E-state index in [1.165, 1.54) is 17.2 Å². The van der Waals surface area contributed by atoms with Gasteiger partial charge in [0.05, 0.1) is 10.2 Å². The summed E-state index contributed by atoms with van der Waals surface area (Å²) in [6, 6.07) is 13.9. The standard InChI is InChI=1S/C19H19N3O2S/c1-12-3-8-16-17(11-12)25-19(22-16)14-4-6-15(7-5-14)21-18(24)9-10-20-13(2)23/h3-8,11H,9-10H2,1-2H3,(H,20,23)(H,21,24). The van der Waals surface area contributed by atoms with Gasteiger partial charge in [0.25, 0.3) is 0 Å². The Morgan fingerprint density at radius 3 is 2.60 bits per heavy atom. The number of amides is 2. The topological polar surface area (TPSA) is 71.1 Å². The second kappa shape index (κ2) is 7.44. The Bertz CT molecular complexity index is 916. The third kappa shape index (κ3) is 4.42. The van der Waals surface area contributed by atoms with E-state index >= 15 is 0 Å². The number of carbonyl (C=O) groups is 2. The second-order valence-electron chi connectivity index (χ2n) is 5.85. The summed E-state index contributed by atoms with van der Waals surface area (Å²) in [6.45, 7) is 3.84. The van der Waals surface area contributed by atoms with Crippen molar-refractivity contribution in [2.75, 3.05) is 11.9 Å². The van der Waals surface area contributed by atoms with Crippen LogP contribution in [0.15, 0.2) is 42.5 Å². The molecule has 1 aromatic heterocycles. The van der Waals surface area contributed by atoms with E-state index < -0.39 is 0 Å². The first-order chi connectivity index (χ1) is 12.0. The highest BCUT2D eigenvalue weighted by Gasteiger charge is 2.07. The van der Waals surface area contributed by atoms with Crippen molar-refractivity contribution in [2.24, 2.45) is 0 Å². The van der Waals surface area contributed by atoms with Gasteiger partial charge in [-0.25, -0.2) is 4.98 Å². The van der Waals surface area contributed by atoms with Crippen molar-refractivity contribution in [2.45, 2.75) is 20.3 Å². The summed E-state index contributed by atoms with van der Waals surface area (Å²) < 4.78 is 1.17. The molecule has 3 rings (SSSR count). The molecule has 1 heterocycles. The number of carbonyl (C=O) groups excluding carboxylic acids is 2. The zero-order valence-corrected chi connectivity index (χ0v) is 14.9. The number of rotatable bonds is 5. The molecule has 128 valence electrons. The van der Waals surface area contributed by atoms with E-state index in [0.29, 0.717) is 6.54 Å². The van der Waals surface area contributed by atoms with E-state index in [-0.39, 0.29) is 18.2 Å². The minimum atomic E-state index is -0.136. The van der Waals surface area contributed by atoms with Crippen LogP contribution in [0.3, 0.4) is 0 Å². The number of aromatic nitrogens is 1. The Morgan fingerprint density at radius 1 is 1.12 bits per heavy atom. The summed E-state index contributed by atoms with van der Waals surface area (Å²) >= 11 is 1.66. The highest BCUT2D eigenvalue weighted by atomic mass is 32.1. The molecular formula is C19H19N3O2S. The van der Waals surface area contributed by atoms with Crippen LogP contribution in [0.5, 0.6) is 0 Å². The first-order valence-electron chi connectivity index (χ1n) is 8.03. The van der Waals surface area contributed by atoms with Crippen molar-refractivity contribution in [3.63, 3.8) is 0 Å².